The van der Waals surface area contributed by atoms with Crippen LogP contribution in [0.15, 0.2) is 123 Å². The van der Waals surface area contributed by atoms with E-state index < -0.39 is 0 Å². The third kappa shape index (κ3) is 5.50. The quantitative estimate of drug-likeness (QED) is 0.206. The second kappa shape index (κ2) is 11.7. The van der Waals surface area contributed by atoms with E-state index in [2.05, 4.69) is 145 Å². The van der Waals surface area contributed by atoms with Gasteiger partial charge in [0, 0.05) is 5.41 Å². The van der Waals surface area contributed by atoms with Crippen molar-refractivity contribution in [1.82, 2.24) is 0 Å². The Hall–Kier alpha value is -3.90. The summed E-state index contributed by atoms with van der Waals surface area (Å²) in [6.45, 7) is 20.9. The molecule has 0 atom stereocenters. The van der Waals surface area contributed by atoms with Gasteiger partial charge in [-0.3, -0.25) is 0 Å². The molecule has 0 heteroatoms. The van der Waals surface area contributed by atoms with Crippen LogP contribution >= 0.6 is 0 Å². The van der Waals surface area contributed by atoms with Crippen LogP contribution in [0.3, 0.4) is 0 Å². The monoisotopic (exact) mass is 470 g/mol. The molecule has 0 bridgehead atoms. The van der Waals surface area contributed by atoms with Crippen molar-refractivity contribution >= 4 is 5.57 Å². The Balaban J connectivity index is 0.000000206. The zero-order chi connectivity index (χ0) is 26.3. The van der Waals surface area contributed by atoms with Gasteiger partial charge in [0.15, 0.2) is 0 Å². The van der Waals surface area contributed by atoms with Crippen LogP contribution in [-0.4, -0.2) is 0 Å². The SMILES string of the molecule is C=C.C=C/C(=C\C)c1ccc2c(c1)C(C)(C)c1cc(C)ccc1-2.Cc1ccc(-c2ccccc2)cc1. The Bertz CT molecular complexity index is 1350. The number of hydrogen-bond acceptors (Lipinski definition) is 0. The van der Waals surface area contributed by atoms with Crippen LogP contribution < -0.4 is 0 Å². The van der Waals surface area contributed by atoms with Gasteiger partial charge in [-0.05, 0) is 71.4 Å². The summed E-state index contributed by atoms with van der Waals surface area (Å²) in [6, 6.07) is 32.6. The Morgan fingerprint density at radius 3 is 1.78 bits per heavy atom. The summed E-state index contributed by atoms with van der Waals surface area (Å²) >= 11 is 0. The van der Waals surface area contributed by atoms with E-state index in [4.69, 9.17) is 0 Å². The number of allylic oxidation sites excluding steroid dienone is 3. The van der Waals surface area contributed by atoms with Gasteiger partial charge in [-0.15, -0.1) is 13.2 Å². The number of aryl methyl sites for hydroxylation is 2. The van der Waals surface area contributed by atoms with Gasteiger partial charge in [-0.1, -0.05) is 129 Å². The van der Waals surface area contributed by atoms with E-state index in [-0.39, 0.29) is 5.41 Å². The molecular weight excluding hydrogens is 432 g/mol. The molecule has 0 aliphatic heterocycles. The molecule has 0 aromatic heterocycles. The molecule has 1 aliphatic rings. The second-order valence-corrected chi connectivity index (χ2v) is 9.61. The maximum Gasteiger partial charge on any atom is 0.0159 e. The summed E-state index contributed by atoms with van der Waals surface area (Å²) in [7, 11) is 0. The Labute approximate surface area is 218 Å². The van der Waals surface area contributed by atoms with Crippen LogP contribution in [-0.2, 0) is 5.41 Å². The fourth-order valence-corrected chi connectivity index (χ4v) is 4.81. The van der Waals surface area contributed by atoms with Crippen molar-refractivity contribution in [3.63, 3.8) is 0 Å². The largest absolute Gasteiger partial charge is 0.106 e. The van der Waals surface area contributed by atoms with Crippen LogP contribution in [0.4, 0.5) is 0 Å². The van der Waals surface area contributed by atoms with Crippen molar-refractivity contribution in [3.05, 3.63) is 151 Å². The van der Waals surface area contributed by atoms with Gasteiger partial charge in [0.25, 0.3) is 0 Å². The smallest absolute Gasteiger partial charge is 0.0159 e. The standard InChI is InChI=1S/C21H22.C13H12.C2H4/c1-6-15(7-2)16-9-11-18-17-10-8-14(3)12-19(17)21(4,5)20(18)13-16;1-11-7-9-13(10-8-11)12-5-3-2-4-6-12;1-2/h6-13H,1H2,2-5H3;2-10H,1H3;1-2H2/b15-7+;;. The van der Waals surface area contributed by atoms with Gasteiger partial charge < -0.3 is 0 Å². The molecule has 0 heterocycles. The van der Waals surface area contributed by atoms with E-state index in [1.165, 1.54) is 55.6 Å². The molecule has 1 aliphatic carbocycles. The van der Waals surface area contributed by atoms with Crippen molar-refractivity contribution < 1.29 is 0 Å². The first kappa shape index (κ1) is 26.7. The van der Waals surface area contributed by atoms with Crippen molar-refractivity contribution in [2.24, 2.45) is 0 Å². The first-order valence-corrected chi connectivity index (χ1v) is 12.5. The lowest BCUT2D eigenvalue weighted by Gasteiger charge is -2.22. The first-order valence-electron chi connectivity index (χ1n) is 12.5. The Kier molecular flexibility index (Phi) is 8.67. The van der Waals surface area contributed by atoms with Crippen LogP contribution in [0, 0.1) is 13.8 Å². The Morgan fingerprint density at radius 1 is 0.667 bits per heavy atom. The van der Waals surface area contributed by atoms with Crippen LogP contribution in [0.25, 0.3) is 27.8 Å². The molecule has 0 radical (unpaired) electrons. The fourth-order valence-electron chi connectivity index (χ4n) is 4.81. The predicted molar refractivity (Wildman–Crippen MR) is 160 cm³/mol. The lowest BCUT2D eigenvalue weighted by Crippen LogP contribution is -2.15. The number of benzene rings is 4. The van der Waals surface area contributed by atoms with Crippen LogP contribution in [0.1, 0.15) is 48.6 Å². The van der Waals surface area contributed by atoms with Crippen molar-refractivity contribution in [1.29, 1.82) is 0 Å². The third-order valence-electron chi connectivity index (χ3n) is 6.85. The van der Waals surface area contributed by atoms with Crippen molar-refractivity contribution in [3.8, 4) is 22.3 Å². The zero-order valence-electron chi connectivity index (χ0n) is 22.4. The Morgan fingerprint density at radius 2 is 1.19 bits per heavy atom. The minimum atomic E-state index is 0.0622. The van der Waals surface area contributed by atoms with E-state index in [0.29, 0.717) is 0 Å². The molecule has 0 nitrogen and oxygen atoms in total. The molecule has 0 unspecified atom stereocenters. The van der Waals surface area contributed by atoms with E-state index in [0.717, 1.165) is 0 Å². The molecule has 0 N–H and O–H groups in total. The molecule has 0 saturated heterocycles. The molecule has 4 aromatic rings. The normalized spacial score (nSPS) is 12.8. The summed E-state index contributed by atoms with van der Waals surface area (Å²) in [5.41, 5.74) is 13.3. The highest BCUT2D eigenvalue weighted by atomic mass is 14.4. The van der Waals surface area contributed by atoms with Gasteiger partial charge >= 0.3 is 0 Å². The summed E-state index contributed by atoms with van der Waals surface area (Å²) in [6.07, 6.45) is 4.05. The predicted octanol–water partition coefficient (Wildman–Crippen LogP) is 10.4. The second-order valence-electron chi connectivity index (χ2n) is 9.61. The number of rotatable bonds is 3. The zero-order valence-corrected chi connectivity index (χ0v) is 22.4. The maximum absolute atomic E-state index is 3.92. The van der Waals surface area contributed by atoms with Gasteiger partial charge in [0.2, 0.25) is 0 Å². The molecule has 0 fully saturated rings. The molecule has 5 rings (SSSR count). The van der Waals surface area contributed by atoms with E-state index >= 15 is 0 Å². The molecule has 36 heavy (non-hydrogen) atoms. The highest BCUT2D eigenvalue weighted by Gasteiger charge is 2.35. The van der Waals surface area contributed by atoms with Gasteiger partial charge in [-0.25, -0.2) is 0 Å². The maximum atomic E-state index is 3.92. The summed E-state index contributed by atoms with van der Waals surface area (Å²) in [5.74, 6) is 0. The molecular formula is C36H38. The number of fused-ring (bicyclic) bond motifs is 3. The minimum absolute atomic E-state index is 0.0622. The number of hydrogen-bond donors (Lipinski definition) is 0. The van der Waals surface area contributed by atoms with Gasteiger partial charge in [-0.2, -0.15) is 0 Å². The van der Waals surface area contributed by atoms with E-state index in [1.54, 1.807) is 0 Å². The molecule has 4 aromatic carbocycles. The topological polar surface area (TPSA) is 0 Å². The third-order valence-corrected chi connectivity index (χ3v) is 6.85. The fraction of sp³-hybridized carbons (Fsp3) is 0.167. The molecule has 0 amide bonds. The lowest BCUT2D eigenvalue weighted by molar-refractivity contribution is 0.659. The molecule has 182 valence electrons. The van der Waals surface area contributed by atoms with E-state index in [1.807, 2.05) is 12.1 Å². The van der Waals surface area contributed by atoms with Crippen LogP contribution in [0.2, 0.25) is 0 Å². The first-order chi connectivity index (χ1) is 17.3. The minimum Gasteiger partial charge on any atom is -0.106 e. The van der Waals surface area contributed by atoms with Crippen molar-refractivity contribution in [2.75, 3.05) is 0 Å². The lowest BCUT2D eigenvalue weighted by atomic mass is 9.81. The average Bonchev–Trinajstić information content (AvgIpc) is 3.13. The summed E-state index contributed by atoms with van der Waals surface area (Å²) < 4.78 is 0. The average molecular weight is 471 g/mol. The highest BCUT2D eigenvalue weighted by molar-refractivity contribution is 5.84. The summed E-state index contributed by atoms with van der Waals surface area (Å²) in [4.78, 5) is 0. The van der Waals surface area contributed by atoms with Gasteiger partial charge in [0.05, 0.1) is 0 Å². The van der Waals surface area contributed by atoms with Gasteiger partial charge in [0.1, 0.15) is 0 Å². The molecule has 0 spiro atoms. The van der Waals surface area contributed by atoms with Crippen molar-refractivity contribution in [2.45, 2.75) is 40.0 Å². The highest BCUT2D eigenvalue weighted by Crippen LogP contribution is 2.49. The van der Waals surface area contributed by atoms with Crippen LogP contribution in [0.5, 0.6) is 0 Å². The van der Waals surface area contributed by atoms with E-state index in [9.17, 15) is 0 Å². The summed E-state index contributed by atoms with van der Waals surface area (Å²) in [5, 5.41) is 0. The molecule has 0 saturated carbocycles.